The van der Waals surface area contributed by atoms with Crippen LogP contribution in [-0.2, 0) is 19.1 Å². The van der Waals surface area contributed by atoms with Crippen molar-refractivity contribution in [2.45, 2.75) is 89.9 Å². The topological polar surface area (TPSA) is 153 Å². The van der Waals surface area contributed by atoms with Gasteiger partial charge in [-0.3, -0.25) is 9.59 Å². The lowest BCUT2D eigenvalue weighted by molar-refractivity contribution is -0.153. The summed E-state index contributed by atoms with van der Waals surface area (Å²) in [6.07, 6.45) is 4.32. The number of nitrogens with zero attached hydrogens (tertiary/aromatic N) is 3. The Balaban J connectivity index is 1.14. The molecular formula is C49H56Cl2N6O7. The number of hydrogen-bond donors (Lipinski definition) is 3. The van der Waals surface area contributed by atoms with Gasteiger partial charge in [0.1, 0.15) is 29.2 Å². The maximum absolute atomic E-state index is 14.7. The lowest BCUT2D eigenvalue weighted by Crippen LogP contribution is -2.51. The average Bonchev–Trinajstić information content (AvgIpc) is 3.26. The number of nitrogens with one attached hydrogen (secondary N) is 3. The minimum absolute atomic E-state index is 0.209. The molecule has 1 aliphatic rings. The van der Waals surface area contributed by atoms with E-state index >= 15 is 0 Å². The molecule has 15 heteroatoms. The SMILES string of the molecule is COc1ccc2nc3cc(Cl)ccc3c(NCCCN(CCCNc3c4ccc(Cl)cc4nc4ccc(OC)cc34)C(=O)C(CC(=O)OC3CCCCC3)NC(=O)OC(C)(C)C)c2c1. The molecule has 1 unspecified atom stereocenters. The van der Waals surface area contributed by atoms with Crippen molar-refractivity contribution in [3.8, 4) is 11.5 Å². The molecule has 0 bridgehead atoms. The van der Waals surface area contributed by atoms with Crippen molar-refractivity contribution >= 4 is 96.2 Å². The molecule has 0 spiro atoms. The molecule has 1 saturated carbocycles. The number of halogens is 2. The zero-order valence-electron chi connectivity index (χ0n) is 37.0. The van der Waals surface area contributed by atoms with Gasteiger partial charge in [-0.25, -0.2) is 14.8 Å². The minimum atomic E-state index is -1.22. The van der Waals surface area contributed by atoms with Crippen LogP contribution in [-0.4, -0.2) is 91.0 Å². The predicted molar refractivity (Wildman–Crippen MR) is 255 cm³/mol. The largest absolute Gasteiger partial charge is 0.497 e. The Hall–Kier alpha value is -5.79. The van der Waals surface area contributed by atoms with Crippen LogP contribution in [0.3, 0.4) is 0 Å². The molecule has 0 radical (unpaired) electrons. The smallest absolute Gasteiger partial charge is 0.408 e. The van der Waals surface area contributed by atoms with Crippen molar-refractivity contribution in [3.05, 3.63) is 82.8 Å². The number of carbonyl (C=O) groups is 3. The van der Waals surface area contributed by atoms with E-state index < -0.39 is 29.6 Å². The van der Waals surface area contributed by atoms with Crippen molar-refractivity contribution in [1.29, 1.82) is 0 Å². The normalized spacial score (nSPS) is 13.7. The molecule has 1 aliphatic carbocycles. The van der Waals surface area contributed by atoms with Crippen LogP contribution in [0.2, 0.25) is 10.0 Å². The zero-order chi connectivity index (χ0) is 45.4. The van der Waals surface area contributed by atoms with Crippen molar-refractivity contribution in [2.75, 3.05) is 51.0 Å². The van der Waals surface area contributed by atoms with E-state index in [2.05, 4.69) is 16.0 Å². The Kier molecular flexibility index (Phi) is 15.0. The van der Waals surface area contributed by atoms with Gasteiger partial charge < -0.3 is 39.8 Å². The third-order valence-corrected chi connectivity index (χ3v) is 11.7. The number of pyridine rings is 2. The Morgan fingerprint density at radius 2 is 1.22 bits per heavy atom. The van der Waals surface area contributed by atoms with E-state index in [0.29, 0.717) is 60.6 Å². The quantitative estimate of drug-likeness (QED) is 0.0455. The van der Waals surface area contributed by atoms with Crippen LogP contribution >= 0.6 is 23.2 Å². The monoisotopic (exact) mass is 910 g/mol. The number of benzene rings is 4. The van der Waals surface area contributed by atoms with Gasteiger partial charge in [-0.2, -0.15) is 0 Å². The first-order chi connectivity index (χ1) is 30.8. The van der Waals surface area contributed by atoms with E-state index in [9.17, 15) is 14.4 Å². The van der Waals surface area contributed by atoms with E-state index in [1.54, 1.807) is 39.9 Å². The number of aromatic nitrogens is 2. The van der Waals surface area contributed by atoms with Gasteiger partial charge in [0.05, 0.1) is 54.1 Å². The maximum Gasteiger partial charge on any atom is 0.408 e. The lowest BCUT2D eigenvalue weighted by Gasteiger charge is -2.29. The second-order valence-electron chi connectivity index (χ2n) is 17.1. The summed E-state index contributed by atoms with van der Waals surface area (Å²) in [4.78, 5) is 52.9. The minimum Gasteiger partial charge on any atom is -0.497 e. The van der Waals surface area contributed by atoms with Crippen LogP contribution in [0.1, 0.15) is 72.1 Å². The Morgan fingerprint density at radius 1 is 0.703 bits per heavy atom. The fourth-order valence-electron chi connectivity index (χ4n) is 8.18. The first-order valence-electron chi connectivity index (χ1n) is 21.9. The highest BCUT2D eigenvalue weighted by molar-refractivity contribution is 6.32. The van der Waals surface area contributed by atoms with Crippen LogP contribution in [0.5, 0.6) is 11.5 Å². The number of esters is 1. The van der Waals surface area contributed by atoms with Crippen LogP contribution in [0.4, 0.5) is 16.2 Å². The summed E-state index contributed by atoms with van der Waals surface area (Å²) in [6.45, 7) is 6.80. The summed E-state index contributed by atoms with van der Waals surface area (Å²) in [5, 5.41) is 14.6. The number of anilines is 2. The fraction of sp³-hybridized carbons (Fsp3) is 0.408. The zero-order valence-corrected chi connectivity index (χ0v) is 38.5. The number of ether oxygens (including phenoxy) is 4. The molecule has 4 aromatic carbocycles. The summed E-state index contributed by atoms with van der Waals surface area (Å²) >= 11 is 12.8. The number of hydrogen-bond acceptors (Lipinski definition) is 11. The van der Waals surface area contributed by atoms with E-state index in [1.165, 1.54) is 0 Å². The van der Waals surface area contributed by atoms with E-state index in [0.717, 1.165) is 87.1 Å². The molecule has 3 N–H and O–H groups in total. The summed E-state index contributed by atoms with van der Waals surface area (Å²) in [5.41, 5.74) is 3.92. The molecular weight excluding hydrogens is 855 g/mol. The highest BCUT2D eigenvalue weighted by Gasteiger charge is 2.32. The third-order valence-electron chi connectivity index (χ3n) is 11.2. The first kappa shape index (κ1) is 46.2. The first-order valence-corrected chi connectivity index (χ1v) is 22.6. The predicted octanol–water partition coefficient (Wildman–Crippen LogP) is 10.7. The van der Waals surface area contributed by atoms with Crippen LogP contribution < -0.4 is 25.4 Å². The number of carbonyl (C=O) groups excluding carboxylic acids is 3. The molecule has 2 aromatic heterocycles. The van der Waals surface area contributed by atoms with Crippen molar-refractivity contribution < 1.29 is 33.3 Å². The van der Waals surface area contributed by atoms with E-state index in [-0.39, 0.29) is 12.5 Å². The van der Waals surface area contributed by atoms with Gasteiger partial charge in [0, 0.05) is 57.8 Å². The second kappa shape index (κ2) is 20.8. The number of fused-ring (bicyclic) bond motifs is 4. The number of methoxy groups -OCH3 is 2. The summed E-state index contributed by atoms with van der Waals surface area (Å²) in [5.74, 6) is 0.433. The number of rotatable bonds is 17. The van der Waals surface area contributed by atoms with Gasteiger partial charge in [0.15, 0.2) is 0 Å². The van der Waals surface area contributed by atoms with Crippen molar-refractivity contribution in [2.24, 2.45) is 0 Å². The summed E-state index contributed by atoms with van der Waals surface area (Å²) < 4.78 is 22.5. The average molecular weight is 912 g/mol. The molecule has 0 saturated heterocycles. The highest BCUT2D eigenvalue weighted by Crippen LogP contribution is 2.36. The van der Waals surface area contributed by atoms with Gasteiger partial charge in [-0.15, -0.1) is 0 Å². The molecule has 2 heterocycles. The van der Waals surface area contributed by atoms with Crippen molar-refractivity contribution in [1.82, 2.24) is 20.2 Å². The summed E-state index contributed by atoms with van der Waals surface area (Å²) in [7, 11) is 3.25. The Morgan fingerprint density at radius 3 is 1.70 bits per heavy atom. The Bertz CT molecular complexity index is 2510. The second-order valence-corrected chi connectivity index (χ2v) is 18.0. The maximum atomic E-state index is 14.7. The van der Waals surface area contributed by atoms with Gasteiger partial charge in [-0.1, -0.05) is 29.6 Å². The molecule has 13 nitrogen and oxygen atoms in total. The fourth-order valence-corrected chi connectivity index (χ4v) is 8.51. The number of alkyl carbamates (subject to hydrolysis) is 1. The third kappa shape index (κ3) is 11.7. The standard InChI is InChI=1S/C49H56Cl2N6O7/c1-49(2,3)64-48(60)56-43(29-44(58)63-32-11-7-6-8-12-32)47(59)57(23-9-21-52-45-35-17-13-30(50)25-41(35)54-39-19-15-33(61-4)27-37(39)45)24-10-22-53-46-36-18-14-31(51)26-42(36)55-40-20-16-34(62-5)28-38(40)46/h13-20,25-28,32,43H,6-12,21-24,29H2,1-5H3,(H,52,54)(H,53,55)(H,56,60). The molecule has 1 fully saturated rings. The molecule has 2 amide bonds. The van der Waals surface area contributed by atoms with E-state index in [4.69, 9.17) is 52.1 Å². The van der Waals surface area contributed by atoms with E-state index in [1.807, 2.05) is 72.8 Å². The van der Waals surface area contributed by atoms with Gasteiger partial charge >= 0.3 is 12.1 Å². The van der Waals surface area contributed by atoms with Gasteiger partial charge in [-0.05, 0) is 132 Å². The van der Waals surface area contributed by atoms with Crippen molar-refractivity contribution in [3.63, 3.8) is 0 Å². The molecule has 1 atom stereocenters. The van der Waals surface area contributed by atoms with Gasteiger partial charge in [0.25, 0.3) is 0 Å². The molecule has 6 aromatic rings. The number of amides is 2. The van der Waals surface area contributed by atoms with Crippen LogP contribution in [0.25, 0.3) is 43.6 Å². The molecule has 7 rings (SSSR count). The lowest BCUT2D eigenvalue weighted by atomic mass is 9.98. The van der Waals surface area contributed by atoms with Crippen LogP contribution in [0.15, 0.2) is 72.8 Å². The summed E-state index contributed by atoms with van der Waals surface area (Å²) in [6, 6.07) is 21.4. The van der Waals surface area contributed by atoms with Crippen LogP contribution in [0, 0.1) is 0 Å². The Labute approximate surface area is 383 Å². The van der Waals surface area contributed by atoms with Gasteiger partial charge in [0.2, 0.25) is 5.91 Å². The highest BCUT2D eigenvalue weighted by atomic mass is 35.5. The molecule has 0 aliphatic heterocycles. The molecule has 64 heavy (non-hydrogen) atoms. The molecule has 338 valence electrons.